The van der Waals surface area contributed by atoms with Crippen LogP contribution in [0.4, 0.5) is 0 Å². The van der Waals surface area contributed by atoms with Gasteiger partial charge in [0.1, 0.15) is 6.10 Å². The summed E-state index contributed by atoms with van der Waals surface area (Å²) in [6.45, 7) is 4.56. The van der Waals surface area contributed by atoms with Gasteiger partial charge in [0.2, 0.25) is 0 Å². The quantitative estimate of drug-likeness (QED) is 0.0390. The molecule has 0 aliphatic heterocycles. The van der Waals surface area contributed by atoms with Crippen molar-refractivity contribution in [3.8, 4) is 0 Å². The van der Waals surface area contributed by atoms with E-state index in [9.17, 15) is 14.7 Å². The minimum absolute atomic E-state index is 0.0692. The minimum atomic E-state index is -0.874. The molecule has 4 heteroatoms. The summed E-state index contributed by atoms with van der Waals surface area (Å²) in [5, 5.41) is 9.31. The Bertz CT molecular complexity index is 717. The second-order valence-corrected chi connectivity index (χ2v) is 15.6. The number of hydrogen-bond acceptors (Lipinski definition) is 3. The van der Waals surface area contributed by atoms with E-state index in [0.29, 0.717) is 12.8 Å². The number of hydrogen-bond donors (Lipinski definition) is 1. The highest BCUT2D eigenvalue weighted by Crippen LogP contribution is 2.18. The van der Waals surface area contributed by atoms with Gasteiger partial charge in [0.25, 0.3) is 0 Å². The van der Waals surface area contributed by atoms with Gasteiger partial charge in [-0.1, -0.05) is 219 Å². The Morgan fingerprint density at radius 1 is 0.440 bits per heavy atom. The molecule has 0 amide bonds. The largest absolute Gasteiger partial charge is 0.481 e. The fourth-order valence-electron chi connectivity index (χ4n) is 7.14. The van der Waals surface area contributed by atoms with Crippen LogP contribution in [-0.2, 0) is 14.3 Å². The lowest BCUT2D eigenvalue weighted by Gasteiger charge is -2.16. The lowest BCUT2D eigenvalue weighted by atomic mass is 10.0. The first-order chi connectivity index (χ1) is 24.6. The molecular formula is C46H88O4. The highest BCUT2D eigenvalue weighted by Gasteiger charge is 2.17. The van der Waals surface area contributed by atoms with Crippen molar-refractivity contribution in [2.75, 3.05) is 0 Å². The van der Waals surface area contributed by atoms with Crippen molar-refractivity contribution in [1.29, 1.82) is 0 Å². The average Bonchev–Trinajstić information content (AvgIpc) is 3.10. The molecule has 0 aliphatic rings. The molecule has 0 bridgehead atoms. The van der Waals surface area contributed by atoms with Crippen LogP contribution in [-0.4, -0.2) is 23.1 Å². The summed E-state index contributed by atoms with van der Waals surface area (Å²) in [4.78, 5) is 23.7. The molecule has 1 N–H and O–H groups in total. The number of esters is 1. The number of carboxylic acid groups (broad SMARTS) is 1. The van der Waals surface area contributed by atoms with Gasteiger partial charge in [-0.25, -0.2) is 0 Å². The summed E-state index contributed by atoms with van der Waals surface area (Å²) < 4.78 is 5.61. The molecule has 50 heavy (non-hydrogen) atoms. The Kier molecular flexibility index (Phi) is 41.0. The van der Waals surface area contributed by atoms with Crippen LogP contribution in [0.5, 0.6) is 0 Å². The zero-order valence-electron chi connectivity index (χ0n) is 34.0. The number of carbonyl (C=O) groups is 2. The van der Waals surface area contributed by atoms with Crippen LogP contribution >= 0.6 is 0 Å². The van der Waals surface area contributed by atoms with Crippen LogP contribution in [0.2, 0.25) is 0 Å². The van der Waals surface area contributed by atoms with Gasteiger partial charge in [0.15, 0.2) is 0 Å². The monoisotopic (exact) mass is 705 g/mol. The predicted molar refractivity (Wildman–Crippen MR) is 218 cm³/mol. The maximum absolute atomic E-state index is 12.4. The molecule has 0 aromatic rings. The first kappa shape index (κ1) is 48.7. The SMILES string of the molecule is CCCCCCCC/C=C\CCCCCCCCCCCC(=O)OC(CCCCCCCCCCCCCCCCCCCCC)CC(=O)O. The van der Waals surface area contributed by atoms with Crippen molar-refractivity contribution < 1.29 is 19.4 Å². The van der Waals surface area contributed by atoms with Crippen molar-refractivity contribution >= 4 is 11.9 Å². The van der Waals surface area contributed by atoms with Gasteiger partial charge >= 0.3 is 11.9 Å². The molecule has 0 heterocycles. The Balaban J connectivity index is 3.57. The molecule has 1 atom stereocenters. The maximum atomic E-state index is 12.4. The smallest absolute Gasteiger partial charge is 0.307 e. The Morgan fingerprint density at radius 2 is 0.740 bits per heavy atom. The predicted octanol–water partition coefficient (Wildman–Crippen LogP) is 15.8. The average molecular weight is 705 g/mol. The number of aliphatic carboxylic acids is 1. The van der Waals surface area contributed by atoms with Crippen molar-refractivity contribution in [3.63, 3.8) is 0 Å². The Morgan fingerprint density at radius 3 is 1.08 bits per heavy atom. The van der Waals surface area contributed by atoms with E-state index in [0.717, 1.165) is 25.7 Å². The molecule has 0 saturated carbocycles. The standard InChI is InChI=1S/C46H88O4/c1-3-5-7-9-11-13-15-17-19-21-23-25-27-29-31-33-35-37-39-41-44(43-45(47)48)50-46(49)42-40-38-36-34-32-30-28-26-24-22-20-18-16-14-12-10-8-6-4-2/h18,20,44H,3-17,19,21-43H2,1-2H3,(H,47,48)/b20-18-. The lowest BCUT2D eigenvalue weighted by molar-refractivity contribution is -0.153. The molecular weight excluding hydrogens is 617 g/mol. The minimum Gasteiger partial charge on any atom is -0.481 e. The molecule has 0 fully saturated rings. The third-order valence-electron chi connectivity index (χ3n) is 10.5. The van der Waals surface area contributed by atoms with Gasteiger partial charge in [-0.05, 0) is 44.9 Å². The fraction of sp³-hybridized carbons (Fsp3) is 0.913. The van der Waals surface area contributed by atoms with Crippen molar-refractivity contribution in [2.45, 2.75) is 270 Å². The van der Waals surface area contributed by atoms with Crippen LogP contribution in [0.3, 0.4) is 0 Å². The summed E-state index contributed by atoms with van der Waals surface area (Å²) in [6, 6.07) is 0. The second kappa shape index (κ2) is 42.1. The molecule has 0 aromatic carbocycles. The molecule has 4 nitrogen and oxygen atoms in total. The van der Waals surface area contributed by atoms with Crippen molar-refractivity contribution in [3.05, 3.63) is 12.2 Å². The summed E-state index contributed by atoms with van der Waals surface area (Å²) in [6.07, 6.45) is 52.5. The van der Waals surface area contributed by atoms with E-state index in [1.165, 1.54) is 205 Å². The molecule has 0 spiro atoms. The Labute approximate surface area is 313 Å². The molecule has 0 aliphatic carbocycles. The van der Waals surface area contributed by atoms with Crippen LogP contribution in [0, 0.1) is 0 Å². The van der Waals surface area contributed by atoms with Crippen LogP contribution in [0.15, 0.2) is 12.2 Å². The topological polar surface area (TPSA) is 63.6 Å². The summed E-state index contributed by atoms with van der Waals surface area (Å²) in [7, 11) is 0. The number of rotatable bonds is 42. The molecule has 1 unspecified atom stereocenters. The van der Waals surface area contributed by atoms with E-state index in [1.54, 1.807) is 0 Å². The third kappa shape index (κ3) is 41.1. The van der Waals surface area contributed by atoms with Crippen molar-refractivity contribution in [1.82, 2.24) is 0 Å². The number of carboxylic acids is 1. The summed E-state index contributed by atoms with van der Waals surface area (Å²) in [5.74, 6) is -1.09. The summed E-state index contributed by atoms with van der Waals surface area (Å²) in [5.41, 5.74) is 0. The van der Waals surface area contributed by atoms with Gasteiger partial charge < -0.3 is 9.84 Å². The van der Waals surface area contributed by atoms with E-state index in [-0.39, 0.29) is 12.4 Å². The normalized spacial score (nSPS) is 12.2. The van der Waals surface area contributed by atoms with Gasteiger partial charge in [0.05, 0.1) is 6.42 Å². The van der Waals surface area contributed by atoms with Gasteiger partial charge in [-0.15, -0.1) is 0 Å². The second-order valence-electron chi connectivity index (χ2n) is 15.6. The van der Waals surface area contributed by atoms with E-state index in [1.807, 2.05) is 0 Å². The van der Waals surface area contributed by atoms with Crippen LogP contribution in [0.25, 0.3) is 0 Å². The Hall–Kier alpha value is -1.32. The highest BCUT2D eigenvalue weighted by molar-refractivity contribution is 5.71. The number of allylic oxidation sites excluding steroid dienone is 2. The first-order valence-corrected chi connectivity index (χ1v) is 22.7. The molecule has 0 aromatic heterocycles. The number of ether oxygens (including phenoxy) is 1. The molecule has 0 saturated heterocycles. The van der Waals surface area contributed by atoms with Gasteiger partial charge in [-0.2, -0.15) is 0 Å². The molecule has 0 rings (SSSR count). The van der Waals surface area contributed by atoms with Gasteiger partial charge in [-0.3, -0.25) is 9.59 Å². The molecule has 0 radical (unpaired) electrons. The van der Waals surface area contributed by atoms with E-state index >= 15 is 0 Å². The zero-order valence-corrected chi connectivity index (χ0v) is 34.0. The van der Waals surface area contributed by atoms with E-state index in [2.05, 4.69) is 26.0 Å². The lowest BCUT2D eigenvalue weighted by Crippen LogP contribution is -2.21. The molecule has 296 valence electrons. The number of carbonyl (C=O) groups excluding carboxylic acids is 1. The van der Waals surface area contributed by atoms with Gasteiger partial charge in [0, 0.05) is 6.42 Å². The first-order valence-electron chi connectivity index (χ1n) is 22.7. The van der Waals surface area contributed by atoms with E-state index in [4.69, 9.17) is 4.74 Å². The summed E-state index contributed by atoms with van der Waals surface area (Å²) >= 11 is 0. The zero-order chi connectivity index (χ0) is 36.4. The fourth-order valence-corrected chi connectivity index (χ4v) is 7.14. The third-order valence-corrected chi connectivity index (χ3v) is 10.5. The number of unbranched alkanes of at least 4 members (excludes halogenated alkanes) is 33. The van der Waals surface area contributed by atoms with Crippen LogP contribution in [0.1, 0.15) is 264 Å². The van der Waals surface area contributed by atoms with Crippen LogP contribution < -0.4 is 0 Å². The maximum Gasteiger partial charge on any atom is 0.307 e. The van der Waals surface area contributed by atoms with E-state index < -0.39 is 12.1 Å². The van der Waals surface area contributed by atoms with Crippen molar-refractivity contribution in [2.24, 2.45) is 0 Å². The highest BCUT2D eigenvalue weighted by atomic mass is 16.5.